The standard InChI is InChI=1S/C24H29N3O4/c1-15(31-20-13-9-18(10-14-20)24(2,3)4)21(28)26-27-23(30)17-7-11-19(12-8-17)25-22(29)16-5-6-16/h7-16H,5-6H2,1-4H3,(H,25,29)(H,26,28)(H,27,30). The first-order valence-electron chi connectivity index (χ1n) is 10.4. The minimum Gasteiger partial charge on any atom is -0.481 e. The number of hydrogen-bond acceptors (Lipinski definition) is 4. The quantitative estimate of drug-likeness (QED) is 0.619. The Morgan fingerprint density at radius 3 is 2.10 bits per heavy atom. The van der Waals surface area contributed by atoms with Crippen LogP contribution in [0.1, 0.15) is 56.5 Å². The summed E-state index contributed by atoms with van der Waals surface area (Å²) in [7, 11) is 0. The van der Waals surface area contributed by atoms with Gasteiger partial charge in [0.05, 0.1) is 0 Å². The molecule has 3 rings (SSSR count). The van der Waals surface area contributed by atoms with E-state index in [0.717, 1.165) is 12.8 Å². The Labute approximate surface area is 182 Å². The Morgan fingerprint density at radius 2 is 1.55 bits per heavy atom. The number of anilines is 1. The normalized spacial score (nSPS) is 14.3. The van der Waals surface area contributed by atoms with Crippen molar-refractivity contribution < 1.29 is 19.1 Å². The van der Waals surface area contributed by atoms with Crippen molar-refractivity contribution in [3.8, 4) is 5.75 Å². The molecular formula is C24H29N3O4. The van der Waals surface area contributed by atoms with Crippen LogP contribution in [0.2, 0.25) is 0 Å². The van der Waals surface area contributed by atoms with Gasteiger partial charge in [-0.3, -0.25) is 25.2 Å². The van der Waals surface area contributed by atoms with Crippen molar-refractivity contribution in [2.45, 2.75) is 52.1 Å². The molecule has 1 aliphatic rings. The van der Waals surface area contributed by atoms with Gasteiger partial charge in [0.2, 0.25) is 5.91 Å². The van der Waals surface area contributed by atoms with Gasteiger partial charge in [-0.05, 0) is 67.1 Å². The maximum Gasteiger partial charge on any atom is 0.279 e. The van der Waals surface area contributed by atoms with E-state index in [2.05, 4.69) is 36.9 Å². The molecular weight excluding hydrogens is 394 g/mol. The van der Waals surface area contributed by atoms with E-state index in [1.165, 1.54) is 5.56 Å². The Morgan fingerprint density at radius 1 is 0.935 bits per heavy atom. The third-order valence-electron chi connectivity index (χ3n) is 5.06. The van der Waals surface area contributed by atoms with Gasteiger partial charge >= 0.3 is 0 Å². The lowest BCUT2D eigenvalue weighted by Gasteiger charge is -2.20. The van der Waals surface area contributed by atoms with Crippen LogP contribution in [0, 0.1) is 5.92 Å². The summed E-state index contributed by atoms with van der Waals surface area (Å²) in [5.41, 5.74) is 6.95. The van der Waals surface area contributed by atoms with E-state index in [-0.39, 0.29) is 17.2 Å². The molecule has 1 fully saturated rings. The second-order valence-corrected chi connectivity index (χ2v) is 8.82. The van der Waals surface area contributed by atoms with Crippen molar-refractivity contribution in [1.82, 2.24) is 10.9 Å². The number of carbonyl (C=O) groups excluding carboxylic acids is 3. The van der Waals surface area contributed by atoms with E-state index in [9.17, 15) is 14.4 Å². The van der Waals surface area contributed by atoms with Crippen LogP contribution in [-0.4, -0.2) is 23.8 Å². The second kappa shape index (κ2) is 9.20. The van der Waals surface area contributed by atoms with E-state index < -0.39 is 17.9 Å². The van der Waals surface area contributed by atoms with Crippen LogP contribution >= 0.6 is 0 Å². The SMILES string of the molecule is CC(Oc1ccc(C(C)(C)C)cc1)C(=O)NNC(=O)c1ccc(NC(=O)C2CC2)cc1. The van der Waals surface area contributed by atoms with Gasteiger partial charge in [-0.25, -0.2) is 0 Å². The minimum absolute atomic E-state index is 0.00602. The van der Waals surface area contributed by atoms with E-state index in [4.69, 9.17) is 4.74 Å². The molecule has 0 saturated heterocycles. The van der Waals surface area contributed by atoms with Crippen LogP contribution in [0.5, 0.6) is 5.75 Å². The van der Waals surface area contributed by atoms with Gasteiger partial charge in [0, 0.05) is 17.2 Å². The zero-order valence-corrected chi connectivity index (χ0v) is 18.3. The fourth-order valence-electron chi connectivity index (χ4n) is 2.88. The Kier molecular flexibility index (Phi) is 6.63. The number of ether oxygens (including phenoxy) is 1. The fraction of sp³-hybridized carbons (Fsp3) is 0.375. The topological polar surface area (TPSA) is 96.5 Å². The highest BCUT2D eigenvalue weighted by atomic mass is 16.5. The van der Waals surface area contributed by atoms with Crippen LogP contribution < -0.4 is 20.9 Å². The second-order valence-electron chi connectivity index (χ2n) is 8.82. The smallest absolute Gasteiger partial charge is 0.279 e. The molecule has 1 aliphatic carbocycles. The molecule has 1 saturated carbocycles. The number of hydrogen-bond donors (Lipinski definition) is 3. The average Bonchev–Trinajstić information content (AvgIpc) is 3.57. The number of carbonyl (C=O) groups is 3. The van der Waals surface area contributed by atoms with Gasteiger partial charge in [-0.1, -0.05) is 32.9 Å². The summed E-state index contributed by atoms with van der Waals surface area (Å²) < 4.78 is 5.66. The van der Waals surface area contributed by atoms with Gasteiger partial charge in [-0.15, -0.1) is 0 Å². The molecule has 0 heterocycles. The Hall–Kier alpha value is -3.35. The molecule has 31 heavy (non-hydrogen) atoms. The monoisotopic (exact) mass is 423 g/mol. The number of benzene rings is 2. The van der Waals surface area contributed by atoms with E-state index >= 15 is 0 Å². The van der Waals surface area contributed by atoms with Crippen molar-refractivity contribution in [3.63, 3.8) is 0 Å². The van der Waals surface area contributed by atoms with Crippen molar-refractivity contribution in [3.05, 3.63) is 59.7 Å². The Bertz CT molecular complexity index is 942. The highest BCUT2D eigenvalue weighted by Gasteiger charge is 2.29. The lowest BCUT2D eigenvalue weighted by Crippen LogP contribution is -2.47. The molecule has 0 aromatic heterocycles. The van der Waals surface area contributed by atoms with Crippen LogP contribution in [-0.2, 0) is 15.0 Å². The summed E-state index contributed by atoms with van der Waals surface area (Å²) in [5.74, 6) is -0.243. The summed E-state index contributed by atoms with van der Waals surface area (Å²) in [6, 6.07) is 14.1. The lowest BCUT2D eigenvalue weighted by molar-refractivity contribution is -0.128. The van der Waals surface area contributed by atoms with Gasteiger partial charge in [-0.2, -0.15) is 0 Å². The highest BCUT2D eigenvalue weighted by Crippen LogP contribution is 2.30. The molecule has 164 valence electrons. The summed E-state index contributed by atoms with van der Waals surface area (Å²) in [5, 5.41) is 2.81. The maximum absolute atomic E-state index is 12.3. The molecule has 1 atom stereocenters. The summed E-state index contributed by atoms with van der Waals surface area (Å²) in [6.45, 7) is 7.98. The predicted octanol–water partition coefficient (Wildman–Crippen LogP) is 3.56. The van der Waals surface area contributed by atoms with E-state index in [0.29, 0.717) is 17.0 Å². The van der Waals surface area contributed by atoms with Crippen LogP contribution in [0.15, 0.2) is 48.5 Å². The zero-order valence-electron chi connectivity index (χ0n) is 18.3. The van der Waals surface area contributed by atoms with Gasteiger partial charge in [0.25, 0.3) is 11.8 Å². The van der Waals surface area contributed by atoms with E-state index in [1.807, 2.05) is 24.3 Å². The summed E-state index contributed by atoms with van der Waals surface area (Å²) in [6.07, 6.45) is 1.06. The first kappa shape index (κ1) is 22.3. The lowest BCUT2D eigenvalue weighted by atomic mass is 9.87. The fourth-order valence-corrected chi connectivity index (χ4v) is 2.88. The molecule has 0 bridgehead atoms. The molecule has 7 nitrogen and oxygen atoms in total. The molecule has 7 heteroatoms. The number of rotatable bonds is 6. The number of amides is 3. The van der Waals surface area contributed by atoms with Gasteiger partial charge < -0.3 is 10.1 Å². The van der Waals surface area contributed by atoms with Crippen molar-refractivity contribution in [2.24, 2.45) is 5.92 Å². The third-order valence-corrected chi connectivity index (χ3v) is 5.06. The predicted molar refractivity (Wildman–Crippen MR) is 119 cm³/mol. The van der Waals surface area contributed by atoms with Crippen molar-refractivity contribution >= 4 is 23.4 Å². The highest BCUT2D eigenvalue weighted by molar-refractivity contribution is 5.97. The van der Waals surface area contributed by atoms with Crippen LogP contribution in [0.25, 0.3) is 0 Å². The molecule has 3 amide bonds. The molecule has 3 N–H and O–H groups in total. The van der Waals surface area contributed by atoms with Gasteiger partial charge in [0.15, 0.2) is 6.10 Å². The molecule has 0 aliphatic heterocycles. The van der Waals surface area contributed by atoms with Gasteiger partial charge in [0.1, 0.15) is 5.75 Å². The first-order valence-corrected chi connectivity index (χ1v) is 10.4. The average molecular weight is 424 g/mol. The van der Waals surface area contributed by atoms with Crippen molar-refractivity contribution in [1.29, 1.82) is 0 Å². The molecule has 2 aromatic carbocycles. The largest absolute Gasteiger partial charge is 0.481 e. The maximum atomic E-state index is 12.3. The zero-order chi connectivity index (χ0) is 22.6. The molecule has 0 radical (unpaired) electrons. The van der Waals surface area contributed by atoms with Crippen molar-refractivity contribution in [2.75, 3.05) is 5.32 Å². The molecule has 1 unspecified atom stereocenters. The first-order chi connectivity index (χ1) is 14.6. The summed E-state index contributed by atoms with van der Waals surface area (Å²) >= 11 is 0. The van der Waals surface area contributed by atoms with Crippen LogP contribution in [0.4, 0.5) is 5.69 Å². The Balaban J connectivity index is 1.46. The molecule has 2 aromatic rings. The number of hydrazine groups is 1. The third kappa shape index (κ3) is 6.31. The summed E-state index contributed by atoms with van der Waals surface area (Å²) in [4.78, 5) is 36.3. The molecule has 0 spiro atoms. The van der Waals surface area contributed by atoms with Crippen LogP contribution in [0.3, 0.4) is 0 Å². The minimum atomic E-state index is -0.791. The number of nitrogens with one attached hydrogen (secondary N) is 3. The van der Waals surface area contributed by atoms with E-state index in [1.54, 1.807) is 31.2 Å².